The summed E-state index contributed by atoms with van der Waals surface area (Å²) in [6, 6.07) is 1.18. The highest BCUT2D eigenvalue weighted by Crippen LogP contribution is 2.09. The molecule has 0 atom stereocenters. The lowest BCUT2D eigenvalue weighted by Crippen LogP contribution is -2.04. The number of ketones is 1. The van der Waals surface area contributed by atoms with Crippen LogP contribution in [0.25, 0.3) is 0 Å². The fourth-order valence-corrected chi connectivity index (χ4v) is 1.76. The van der Waals surface area contributed by atoms with Gasteiger partial charge in [0.15, 0.2) is 5.78 Å². The average molecular weight is 222 g/mol. The maximum atomic E-state index is 12.8. The summed E-state index contributed by atoms with van der Waals surface area (Å²) in [5, 5.41) is 2.52. The summed E-state index contributed by atoms with van der Waals surface area (Å²) in [6.45, 7) is 0. The monoisotopic (exact) mass is 222 g/mol. The number of halogens is 1. The third kappa shape index (κ3) is 2.44. The molecule has 2 rings (SSSR count). The van der Waals surface area contributed by atoms with Crippen molar-refractivity contribution < 1.29 is 9.18 Å². The Hall–Kier alpha value is -1.62. The van der Waals surface area contributed by atoms with Crippen LogP contribution < -0.4 is 0 Å². The SMILES string of the molecule is O=C(Cc1nccs1)c1cncc(F)c1. The topological polar surface area (TPSA) is 42.9 Å². The minimum Gasteiger partial charge on any atom is -0.294 e. The minimum atomic E-state index is -0.500. The molecule has 3 nitrogen and oxygen atoms in total. The lowest BCUT2D eigenvalue weighted by atomic mass is 10.1. The van der Waals surface area contributed by atoms with Crippen LogP contribution in [0.15, 0.2) is 30.0 Å². The third-order valence-corrected chi connectivity index (χ3v) is 2.60. The zero-order chi connectivity index (χ0) is 10.7. The summed E-state index contributed by atoms with van der Waals surface area (Å²) in [4.78, 5) is 19.2. The molecule has 0 spiro atoms. The molecule has 0 aromatic carbocycles. The smallest absolute Gasteiger partial charge is 0.171 e. The van der Waals surface area contributed by atoms with Crippen molar-refractivity contribution in [2.75, 3.05) is 0 Å². The van der Waals surface area contributed by atoms with E-state index in [-0.39, 0.29) is 17.8 Å². The Kier molecular flexibility index (Phi) is 2.82. The highest BCUT2D eigenvalue weighted by Gasteiger charge is 2.09. The van der Waals surface area contributed by atoms with Crippen LogP contribution in [-0.4, -0.2) is 15.8 Å². The molecule has 0 fully saturated rings. The van der Waals surface area contributed by atoms with Crippen molar-refractivity contribution in [3.8, 4) is 0 Å². The van der Waals surface area contributed by atoms with Crippen LogP contribution in [0.1, 0.15) is 15.4 Å². The van der Waals surface area contributed by atoms with Crippen molar-refractivity contribution in [3.05, 3.63) is 46.4 Å². The van der Waals surface area contributed by atoms with Crippen molar-refractivity contribution in [1.82, 2.24) is 9.97 Å². The second kappa shape index (κ2) is 4.27. The Bertz CT molecular complexity index is 470. The van der Waals surface area contributed by atoms with E-state index in [9.17, 15) is 9.18 Å². The molecular weight excluding hydrogens is 215 g/mol. The van der Waals surface area contributed by atoms with Gasteiger partial charge < -0.3 is 0 Å². The van der Waals surface area contributed by atoms with Crippen molar-refractivity contribution in [3.63, 3.8) is 0 Å². The first-order valence-electron chi connectivity index (χ1n) is 4.28. The maximum absolute atomic E-state index is 12.8. The van der Waals surface area contributed by atoms with Crippen LogP contribution in [0.2, 0.25) is 0 Å². The quantitative estimate of drug-likeness (QED) is 0.747. The molecule has 2 aromatic rings. The molecule has 0 saturated carbocycles. The number of hydrogen-bond donors (Lipinski definition) is 0. The highest BCUT2D eigenvalue weighted by atomic mass is 32.1. The van der Waals surface area contributed by atoms with E-state index < -0.39 is 5.82 Å². The number of thiazole rings is 1. The van der Waals surface area contributed by atoms with E-state index in [0.29, 0.717) is 0 Å². The Labute approximate surface area is 89.6 Å². The van der Waals surface area contributed by atoms with Gasteiger partial charge in [0.05, 0.1) is 12.6 Å². The average Bonchev–Trinajstić information content (AvgIpc) is 2.70. The minimum absolute atomic E-state index is 0.169. The number of aromatic nitrogens is 2. The van der Waals surface area contributed by atoms with Gasteiger partial charge in [-0.15, -0.1) is 11.3 Å². The molecule has 0 amide bonds. The van der Waals surface area contributed by atoms with Crippen LogP contribution in [0.5, 0.6) is 0 Å². The summed E-state index contributed by atoms with van der Waals surface area (Å²) in [5.41, 5.74) is 0.283. The molecule has 0 unspecified atom stereocenters. The predicted octanol–water partition coefficient (Wildman–Crippen LogP) is 2.10. The molecular formula is C10H7FN2OS. The van der Waals surface area contributed by atoms with E-state index in [2.05, 4.69) is 9.97 Å². The Morgan fingerprint density at radius 1 is 1.47 bits per heavy atom. The fraction of sp³-hybridized carbons (Fsp3) is 0.100. The molecule has 2 heterocycles. The van der Waals surface area contributed by atoms with Crippen LogP contribution in [-0.2, 0) is 6.42 Å². The summed E-state index contributed by atoms with van der Waals surface area (Å²) in [6.07, 6.45) is 4.26. The Balaban J connectivity index is 2.15. The number of nitrogens with zero attached hydrogens (tertiary/aromatic N) is 2. The first-order chi connectivity index (χ1) is 7.25. The summed E-state index contributed by atoms with van der Waals surface area (Å²) in [5.74, 6) is -0.670. The van der Waals surface area contributed by atoms with Crippen molar-refractivity contribution in [2.24, 2.45) is 0 Å². The van der Waals surface area contributed by atoms with Gasteiger partial charge in [0.2, 0.25) is 0 Å². The van der Waals surface area contributed by atoms with Gasteiger partial charge in [0.1, 0.15) is 10.8 Å². The Morgan fingerprint density at radius 3 is 3.00 bits per heavy atom. The van der Waals surface area contributed by atoms with E-state index >= 15 is 0 Å². The van der Waals surface area contributed by atoms with E-state index in [0.717, 1.165) is 11.2 Å². The Morgan fingerprint density at radius 2 is 2.33 bits per heavy atom. The zero-order valence-corrected chi connectivity index (χ0v) is 8.50. The highest BCUT2D eigenvalue weighted by molar-refractivity contribution is 7.09. The second-order valence-electron chi connectivity index (χ2n) is 2.92. The van der Waals surface area contributed by atoms with Crippen molar-refractivity contribution >= 4 is 17.1 Å². The lowest BCUT2D eigenvalue weighted by molar-refractivity contribution is 0.0992. The zero-order valence-electron chi connectivity index (χ0n) is 7.68. The van der Waals surface area contributed by atoms with E-state index in [1.807, 2.05) is 0 Å². The molecule has 0 aliphatic carbocycles. The van der Waals surface area contributed by atoms with Gasteiger partial charge in [-0.05, 0) is 6.07 Å². The van der Waals surface area contributed by atoms with Gasteiger partial charge in [-0.3, -0.25) is 9.78 Å². The van der Waals surface area contributed by atoms with Gasteiger partial charge in [-0.1, -0.05) is 0 Å². The number of rotatable bonds is 3. The standard InChI is InChI=1S/C10H7FN2OS/c11-8-3-7(5-12-6-8)9(14)4-10-13-1-2-15-10/h1-3,5-6H,4H2. The molecule has 5 heteroatoms. The largest absolute Gasteiger partial charge is 0.294 e. The van der Waals surface area contributed by atoms with Gasteiger partial charge in [-0.25, -0.2) is 9.37 Å². The van der Waals surface area contributed by atoms with E-state index in [1.165, 1.54) is 23.6 Å². The molecule has 0 saturated heterocycles. The molecule has 0 radical (unpaired) electrons. The predicted molar refractivity (Wildman–Crippen MR) is 54.3 cm³/mol. The van der Waals surface area contributed by atoms with Crippen molar-refractivity contribution in [1.29, 1.82) is 0 Å². The number of carbonyl (C=O) groups excluding carboxylic acids is 1. The maximum Gasteiger partial charge on any atom is 0.171 e. The van der Waals surface area contributed by atoms with Crippen LogP contribution in [0.4, 0.5) is 4.39 Å². The number of carbonyl (C=O) groups is 1. The van der Waals surface area contributed by atoms with E-state index in [4.69, 9.17) is 0 Å². The molecule has 0 aliphatic heterocycles. The van der Waals surface area contributed by atoms with Gasteiger partial charge in [-0.2, -0.15) is 0 Å². The molecule has 0 bridgehead atoms. The molecule has 76 valence electrons. The summed E-state index contributed by atoms with van der Waals surface area (Å²) < 4.78 is 12.8. The number of Topliss-reactive ketones (excluding diaryl/α,β-unsaturated/α-hetero) is 1. The lowest BCUT2D eigenvalue weighted by Gasteiger charge is -1.97. The normalized spacial score (nSPS) is 10.2. The van der Waals surface area contributed by atoms with Crippen molar-refractivity contribution in [2.45, 2.75) is 6.42 Å². The first-order valence-corrected chi connectivity index (χ1v) is 5.16. The molecule has 0 aliphatic rings. The summed E-state index contributed by atoms with van der Waals surface area (Å²) >= 11 is 1.40. The van der Waals surface area contributed by atoms with Gasteiger partial charge in [0, 0.05) is 23.3 Å². The van der Waals surface area contributed by atoms with Gasteiger partial charge in [0.25, 0.3) is 0 Å². The molecule has 2 aromatic heterocycles. The molecule has 0 N–H and O–H groups in total. The van der Waals surface area contributed by atoms with Crippen LogP contribution >= 0.6 is 11.3 Å². The third-order valence-electron chi connectivity index (χ3n) is 1.82. The van der Waals surface area contributed by atoms with Gasteiger partial charge >= 0.3 is 0 Å². The second-order valence-corrected chi connectivity index (χ2v) is 3.90. The van der Waals surface area contributed by atoms with Crippen LogP contribution in [0, 0.1) is 5.82 Å². The first kappa shape index (κ1) is 9.92. The number of pyridine rings is 1. The summed E-state index contributed by atoms with van der Waals surface area (Å²) in [7, 11) is 0. The number of hydrogen-bond acceptors (Lipinski definition) is 4. The molecule has 15 heavy (non-hydrogen) atoms. The fourth-order valence-electron chi connectivity index (χ4n) is 1.14. The van der Waals surface area contributed by atoms with E-state index in [1.54, 1.807) is 11.6 Å². The van der Waals surface area contributed by atoms with Crippen LogP contribution in [0.3, 0.4) is 0 Å².